The van der Waals surface area contributed by atoms with E-state index in [0.29, 0.717) is 11.5 Å². The first-order valence-electron chi connectivity index (χ1n) is 8.33. The molecule has 3 heterocycles. The third-order valence-corrected chi connectivity index (χ3v) is 4.74. The van der Waals surface area contributed by atoms with Crippen molar-refractivity contribution < 1.29 is 19.7 Å². The van der Waals surface area contributed by atoms with E-state index in [0.717, 1.165) is 37.1 Å². The highest BCUT2D eigenvalue weighted by atomic mass is 16.5. The van der Waals surface area contributed by atoms with Crippen LogP contribution in [0.25, 0.3) is 11.3 Å². The third-order valence-electron chi connectivity index (χ3n) is 4.74. The summed E-state index contributed by atoms with van der Waals surface area (Å²) in [6.07, 6.45) is 1.53. The Balaban J connectivity index is 1.88. The smallest absolute Gasteiger partial charge is 0.413 e. The summed E-state index contributed by atoms with van der Waals surface area (Å²) in [7, 11) is 0. The minimum Gasteiger partial charge on any atom is -0.507 e. The van der Waals surface area contributed by atoms with E-state index in [1.807, 2.05) is 6.07 Å². The number of aromatic nitrogens is 1. The average Bonchev–Trinajstić information content (AvgIpc) is 2.61. The summed E-state index contributed by atoms with van der Waals surface area (Å²) < 4.78 is 5.12. The maximum atomic E-state index is 11.6. The molecule has 1 fully saturated rings. The van der Waals surface area contributed by atoms with Gasteiger partial charge in [0.2, 0.25) is 0 Å². The number of phenols is 2. The van der Waals surface area contributed by atoms with E-state index in [1.54, 1.807) is 6.07 Å². The number of pyridine rings is 1. The molecule has 25 heavy (non-hydrogen) atoms. The third kappa shape index (κ3) is 2.87. The molecule has 2 aliphatic rings. The molecule has 0 aliphatic carbocycles. The maximum Gasteiger partial charge on any atom is 0.413 e. The second-order valence-electron chi connectivity index (χ2n) is 6.34. The van der Waals surface area contributed by atoms with Crippen molar-refractivity contribution in [2.75, 3.05) is 18.4 Å². The number of nitrogens with one attached hydrogen (secondary N) is 2. The van der Waals surface area contributed by atoms with Crippen molar-refractivity contribution in [1.82, 2.24) is 10.3 Å². The van der Waals surface area contributed by atoms with Gasteiger partial charge in [0.25, 0.3) is 0 Å². The van der Waals surface area contributed by atoms with Crippen LogP contribution in [-0.2, 0) is 11.3 Å². The van der Waals surface area contributed by atoms with Crippen LogP contribution in [0.5, 0.6) is 11.5 Å². The summed E-state index contributed by atoms with van der Waals surface area (Å²) in [6, 6.07) is 6.44. The number of carbonyl (C=O) groups excluding carboxylic acids is 1. The number of hydrogen-bond acceptors (Lipinski definition) is 6. The van der Waals surface area contributed by atoms with E-state index in [1.165, 1.54) is 12.1 Å². The van der Waals surface area contributed by atoms with Crippen molar-refractivity contribution in [3.05, 3.63) is 35.4 Å². The summed E-state index contributed by atoms with van der Waals surface area (Å²) >= 11 is 0. The molecular weight excluding hydrogens is 322 g/mol. The minimum absolute atomic E-state index is 0.0569. The van der Waals surface area contributed by atoms with Crippen LogP contribution in [0.1, 0.15) is 29.9 Å². The number of hydrogen-bond donors (Lipinski definition) is 4. The first-order chi connectivity index (χ1) is 12.1. The Labute approximate surface area is 144 Å². The Morgan fingerprint density at radius 3 is 2.76 bits per heavy atom. The van der Waals surface area contributed by atoms with Crippen LogP contribution in [-0.4, -0.2) is 34.4 Å². The van der Waals surface area contributed by atoms with Gasteiger partial charge in [-0.05, 0) is 49.1 Å². The standard InChI is InChI=1S/C18H19N3O4/c22-14-4-1-5-15(23)16(14)13-7-11(10-3-2-6-19-8-10)12-9-25-18(24)21-17(12)20-13/h1,4-5,7,10,19,22-23H,2-3,6,8-9H2,(H,20,21,24). The number of amides is 1. The van der Waals surface area contributed by atoms with Crippen LogP contribution in [0, 0.1) is 0 Å². The number of rotatable bonds is 2. The van der Waals surface area contributed by atoms with E-state index >= 15 is 0 Å². The van der Waals surface area contributed by atoms with Gasteiger partial charge in [-0.15, -0.1) is 0 Å². The Morgan fingerprint density at radius 2 is 2.04 bits per heavy atom. The highest BCUT2D eigenvalue weighted by Gasteiger charge is 2.27. The molecule has 1 aromatic heterocycles. The zero-order valence-corrected chi connectivity index (χ0v) is 13.6. The number of benzene rings is 1. The molecule has 2 aliphatic heterocycles. The molecule has 0 saturated carbocycles. The fourth-order valence-electron chi connectivity index (χ4n) is 3.52. The number of piperidine rings is 1. The second kappa shape index (κ2) is 6.25. The van der Waals surface area contributed by atoms with E-state index < -0.39 is 6.09 Å². The van der Waals surface area contributed by atoms with E-state index in [-0.39, 0.29) is 29.6 Å². The summed E-state index contributed by atoms with van der Waals surface area (Å²) in [5.41, 5.74) is 2.56. The van der Waals surface area contributed by atoms with Gasteiger partial charge in [0.1, 0.15) is 23.9 Å². The molecule has 1 saturated heterocycles. The summed E-state index contributed by atoms with van der Waals surface area (Å²) in [5, 5.41) is 26.4. The minimum atomic E-state index is -0.550. The molecule has 7 nitrogen and oxygen atoms in total. The second-order valence-corrected chi connectivity index (χ2v) is 6.34. The van der Waals surface area contributed by atoms with Crippen molar-refractivity contribution in [3.8, 4) is 22.8 Å². The van der Waals surface area contributed by atoms with Gasteiger partial charge >= 0.3 is 6.09 Å². The quantitative estimate of drug-likeness (QED) is 0.670. The zero-order chi connectivity index (χ0) is 17.4. The van der Waals surface area contributed by atoms with Gasteiger partial charge in [0, 0.05) is 12.1 Å². The predicted octanol–water partition coefficient (Wildman–Crippen LogP) is 2.69. The molecule has 1 unspecified atom stereocenters. The lowest BCUT2D eigenvalue weighted by atomic mass is 9.87. The number of aromatic hydroxyl groups is 2. The Bertz CT molecular complexity index is 811. The molecule has 0 radical (unpaired) electrons. The van der Waals surface area contributed by atoms with Crippen molar-refractivity contribution >= 4 is 11.9 Å². The lowest BCUT2D eigenvalue weighted by Crippen LogP contribution is -2.30. The molecule has 130 valence electrons. The zero-order valence-electron chi connectivity index (χ0n) is 13.6. The van der Waals surface area contributed by atoms with Crippen molar-refractivity contribution in [3.63, 3.8) is 0 Å². The molecule has 1 amide bonds. The van der Waals surface area contributed by atoms with E-state index in [2.05, 4.69) is 15.6 Å². The normalized spacial score (nSPS) is 19.7. The van der Waals surface area contributed by atoms with Gasteiger partial charge in [-0.25, -0.2) is 9.78 Å². The molecule has 4 rings (SSSR count). The summed E-state index contributed by atoms with van der Waals surface area (Å²) in [6.45, 7) is 1.99. The van der Waals surface area contributed by atoms with Crippen LogP contribution in [0.2, 0.25) is 0 Å². The first kappa shape index (κ1) is 15.7. The average molecular weight is 341 g/mol. The van der Waals surface area contributed by atoms with Crippen LogP contribution in [0.4, 0.5) is 10.6 Å². The highest BCUT2D eigenvalue weighted by molar-refractivity contribution is 5.88. The Morgan fingerprint density at radius 1 is 1.24 bits per heavy atom. The molecule has 0 bridgehead atoms. The van der Waals surface area contributed by atoms with Crippen LogP contribution in [0.3, 0.4) is 0 Å². The van der Waals surface area contributed by atoms with Crippen molar-refractivity contribution in [2.24, 2.45) is 0 Å². The predicted molar refractivity (Wildman–Crippen MR) is 91.7 cm³/mol. The van der Waals surface area contributed by atoms with Crippen molar-refractivity contribution in [2.45, 2.75) is 25.4 Å². The first-order valence-corrected chi connectivity index (χ1v) is 8.33. The van der Waals surface area contributed by atoms with Gasteiger partial charge in [-0.3, -0.25) is 5.32 Å². The topological polar surface area (TPSA) is 104 Å². The Kier molecular flexibility index (Phi) is 3.93. The van der Waals surface area contributed by atoms with E-state index in [4.69, 9.17) is 4.74 Å². The van der Waals surface area contributed by atoms with Crippen molar-refractivity contribution in [1.29, 1.82) is 0 Å². The number of phenolic OH excluding ortho intramolecular Hbond substituents is 2. The lowest BCUT2D eigenvalue weighted by molar-refractivity contribution is 0.150. The van der Waals surface area contributed by atoms with Gasteiger partial charge in [0.15, 0.2) is 0 Å². The lowest BCUT2D eigenvalue weighted by Gasteiger charge is -2.28. The van der Waals surface area contributed by atoms with Crippen LogP contribution < -0.4 is 10.6 Å². The summed E-state index contributed by atoms with van der Waals surface area (Å²) in [4.78, 5) is 16.1. The van der Waals surface area contributed by atoms with Crippen LogP contribution in [0.15, 0.2) is 24.3 Å². The largest absolute Gasteiger partial charge is 0.507 e. The van der Waals surface area contributed by atoms with Crippen LogP contribution >= 0.6 is 0 Å². The van der Waals surface area contributed by atoms with E-state index in [9.17, 15) is 15.0 Å². The molecule has 1 aromatic carbocycles. The van der Waals surface area contributed by atoms with Gasteiger partial charge in [0.05, 0.1) is 11.3 Å². The maximum absolute atomic E-state index is 11.6. The number of carbonyl (C=O) groups is 1. The van der Waals surface area contributed by atoms with Gasteiger partial charge in [-0.2, -0.15) is 0 Å². The molecule has 1 atom stereocenters. The number of cyclic esters (lactones) is 1. The summed E-state index contributed by atoms with van der Waals surface area (Å²) in [5.74, 6) is 0.574. The number of anilines is 1. The molecule has 7 heteroatoms. The molecule has 0 spiro atoms. The number of nitrogens with zero attached hydrogens (tertiary/aromatic N) is 1. The fraction of sp³-hybridized carbons (Fsp3) is 0.333. The van der Waals surface area contributed by atoms with Gasteiger partial charge in [-0.1, -0.05) is 6.07 Å². The number of ether oxygens (including phenoxy) is 1. The van der Waals surface area contributed by atoms with Gasteiger partial charge < -0.3 is 20.3 Å². The fourth-order valence-corrected chi connectivity index (χ4v) is 3.52. The SMILES string of the molecule is O=C1Nc2nc(-c3c(O)cccc3O)cc(C3CCCNC3)c2CO1. The molecule has 2 aromatic rings. The molecular formula is C18H19N3O4. The Hall–Kier alpha value is -2.80. The molecule has 4 N–H and O–H groups in total. The highest BCUT2D eigenvalue weighted by Crippen LogP contribution is 2.40. The monoisotopic (exact) mass is 341 g/mol. The number of fused-ring (bicyclic) bond motifs is 1.